The van der Waals surface area contributed by atoms with E-state index in [1.165, 1.54) is 12.1 Å². The number of nitrogens with zero attached hydrogens (tertiary/aromatic N) is 1. The highest BCUT2D eigenvalue weighted by Gasteiger charge is 2.24. The molecule has 1 aliphatic carbocycles. The largest absolute Gasteiger partial charge is 0.467 e. The number of carbonyl (C=O) groups excluding carboxylic acids is 1. The second-order valence-electron chi connectivity index (χ2n) is 5.55. The van der Waals surface area contributed by atoms with Gasteiger partial charge in [-0.15, -0.1) is 0 Å². The average molecular weight is 319 g/mol. The van der Waals surface area contributed by atoms with Gasteiger partial charge in [-0.05, 0) is 19.3 Å². The summed E-state index contributed by atoms with van der Waals surface area (Å²) in [4.78, 5) is 22.7. The summed E-state index contributed by atoms with van der Waals surface area (Å²) in [6.07, 6.45) is 6.34. The number of nitro groups is 1. The van der Waals surface area contributed by atoms with Crippen molar-refractivity contribution in [2.45, 2.75) is 32.5 Å². The van der Waals surface area contributed by atoms with Crippen LogP contribution >= 0.6 is 0 Å². The lowest BCUT2D eigenvalue weighted by molar-refractivity contribution is -0.385. The Morgan fingerprint density at radius 3 is 3.00 bits per heavy atom. The Morgan fingerprint density at radius 1 is 1.39 bits per heavy atom. The Morgan fingerprint density at radius 2 is 2.26 bits per heavy atom. The first kappa shape index (κ1) is 15.5. The Bertz CT molecular complexity index is 654. The molecule has 0 saturated heterocycles. The third-order valence-corrected chi connectivity index (χ3v) is 3.95. The van der Waals surface area contributed by atoms with Gasteiger partial charge in [0, 0.05) is 23.3 Å². The quantitative estimate of drug-likeness (QED) is 0.367. The minimum absolute atomic E-state index is 0.0386. The van der Waals surface area contributed by atoms with Gasteiger partial charge in [0.1, 0.15) is 12.4 Å². The van der Waals surface area contributed by atoms with Crippen LogP contribution in [-0.4, -0.2) is 17.7 Å². The van der Waals surface area contributed by atoms with E-state index in [9.17, 15) is 14.9 Å². The molecular weight excluding hydrogens is 302 g/mol. The average Bonchev–Trinajstić information content (AvgIpc) is 2.59. The fourth-order valence-corrected chi connectivity index (χ4v) is 2.77. The monoisotopic (exact) mass is 319 g/mol. The van der Waals surface area contributed by atoms with Crippen molar-refractivity contribution in [2.75, 3.05) is 6.79 Å². The molecule has 0 N–H and O–H groups in total. The molecule has 7 heteroatoms. The maximum Gasteiger partial charge on any atom is 0.309 e. The van der Waals surface area contributed by atoms with Gasteiger partial charge >= 0.3 is 5.97 Å². The van der Waals surface area contributed by atoms with E-state index in [-0.39, 0.29) is 37.6 Å². The molecular formula is C16H17NO6. The normalized spacial score (nSPS) is 19.6. The van der Waals surface area contributed by atoms with E-state index in [4.69, 9.17) is 14.2 Å². The van der Waals surface area contributed by atoms with Crippen molar-refractivity contribution in [3.8, 4) is 5.75 Å². The lowest BCUT2D eigenvalue weighted by atomic mass is 9.95. The molecule has 1 aromatic rings. The number of nitro benzene ring substituents is 1. The predicted molar refractivity (Wildman–Crippen MR) is 79.7 cm³/mol. The van der Waals surface area contributed by atoms with Crippen molar-refractivity contribution in [1.82, 2.24) is 0 Å². The van der Waals surface area contributed by atoms with Crippen LogP contribution in [0.1, 0.15) is 30.4 Å². The molecule has 1 aromatic carbocycles. The van der Waals surface area contributed by atoms with Gasteiger partial charge in [0.2, 0.25) is 0 Å². The second kappa shape index (κ2) is 6.78. The SMILES string of the molecule is O=C(OCc1cc([N+](=O)[O-])cc2c1OCOC2)[C@@H]1CC=CCC1. The van der Waals surface area contributed by atoms with Crippen LogP contribution < -0.4 is 4.74 Å². The highest BCUT2D eigenvalue weighted by molar-refractivity contribution is 5.73. The molecule has 0 amide bonds. The van der Waals surface area contributed by atoms with Crippen LogP contribution in [-0.2, 0) is 27.5 Å². The van der Waals surface area contributed by atoms with Crippen LogP contribution in [0.4, 0.5) is 5.69 Å². The van der Waals surface area contributed by atoms with Crippen LogP contribution in [0.15, 0.2) is 24.3 Å². The van der Waals surface area contributed by atoms with Crippen molar-refractivity contribution in [1.29, 1.82) is 0 Å². The number of ether oxygens (including phenoxy) is 3. The zero-order valence-corrected chi connectivity index (χ0v) is 12.5. The fraction of sp³-hybridized carbons (Fsp3) is 0.438. The Balaban J connectivity index is 1.76. The van der Waals surface area contributed by atoms with Gasteiger partial charge in [0.25, 0.3) is 5.69 Å². The van der Waals surface area contributed by atoms with Crippen molar-refractivity contribution >= 4 is 11.7 Å². The summed E-state index contributed by atoms with van der Waals surface area (Å²) < 4.78 is 15.9. The zero-order chi connectivity index (χ0) is 16.2. The van der Waals surface area contributed by atoms with Gasteiger partial charge < -0.3 is 14.2 Å². The molecule has 2 aliphatic rings. The summed E-state index contributed by atoms with van der Waals surface area (Å²) in [7, 11) is 0. The zero-order valence-electron chi connectivity index (χ0n) is 12.5. The smallest absolute Gasteiger partial charge is 0.309 e. The number of rotatable bonds is 4. The molecule has 1 aliphatic heterocycles. The van der Waals surface area contributed by atoms with Gasteiger partial charge in [-0.3, -0.25) is 14.9 Å². The summed E-state index contributed by atoms with van der Waals surface area (Å²) in [6, 6.07) is 2.81. The van der Waals surface area contributed by atoms with Gasteiger partial charge in [0.05, 0.1) is 17.4 Å². The molecule has 1 heterocycles. The van der Waals surface area contributed by atoms with E-state index in [1.54, 1.807) is 0 Å². The number of esters is 1. The number of fused-ring (bicyclic) bond motifs is 1. The summed E-state index contributed by atoms with van der Waals surface area (Å²) in [5.74, 6) is 0.0960. The molecule has 0 spiro atoms. The van der Waals surface area contributed by atoms with Crippen LogP contribution in [0.5, 0.6) is 5.75 Å². The summed E-state index contributed by atoms with van der Waals surface area (Å²) in [5, 5.41) is 11.0. The maximum atomic E-state index is 12.1. The fourth-order valence-electron chi connectivity index (χ4n) is 2.77. The first-order chi connectivity index (χ1) is 11.1. The van der Waals surface area contributed by atoms with Crippen LogP contribution in [0, 0.1) is 16.0 Å². The van der Waals surface area contributed by atoms with E-state index in [2.05, 4.69) is 6.08 Å². The molecule has 122 valence electrons. The van der Waals surface area contributed by atoms with E-state index in [0.29, 0.717) is 23.3 Å². The highest BCUT2D eigenvalue weighted by atomic mass is 16.7. The van der Waals surface area contributed by atoms with Gasteiger partial charge in [-0.25, -0.2) is 0 Å². The number of allylic oxidation sites excluding steroid dienone is 2. The molecule has 0 fully saturated rings. The molecule has 7 nitrogen and oxygen atoms in total. The Hall–Kier alpha value is -2.41. The van der Waals surface area contributed by atoms with Crippen molar-refractivity contribution in [2.24, 2.45) is 5.92 Å². The highest BCUT2D eigenvalue weighted by Crippen LogP contribution is 2.33. The minimum Gasteiger partial charge on any atom is -0.467 e. The summed E-state index contributed by atoms with van der Waals surface area (Å²) in [5.41, 5.74) is 1.03. The number of carbonyl (C=O) groups is 1. The van der Waals surface area contributed by atoms with Crippen molar-refractivity contribution < 1.29 is 23.9 Å². The molecule has 0 bridgehead atoms. The van der Waals surface area contributed by atoms with Crippen LogP contribution in [0.3, 0.4) is 0 Å². The molecule has 0 radical (unpaired) electrons. The maximum absolute atomic E-state index is 12.1. The standard InChI is InChI=1S/C16H17NO6/c18-16(11-4-2-1-3-5-11)22-9-13-7-14(17(19)20)6-12-8-21-10-23-15(12)13/h1-2,6-7,11H,3-5,8-10H2/t11-/m1/s1. The topological polar surface area (TPSA) is 87.9 Å². The minimum atomic E-state index is -0.480. The number of benzene rings is 1. The molecule has 0 saturated carbocycles. The van der Waals surface area contributed by atoms with Crippen LogP contribution in [0.25, 0.3) is 0 Å². The van der Waals surface area contributed by atoms with Crippen LogP contribution in [0.2, 0.25) is 0 Å². The molecule has 1 atom stereocenters. The van der Waals surface area contributed by atoms with E-state index in [1.807, 2.05) is 6.08 Å². The van der Waals surface area contributed by atoms with Gasteiger partial charge in [0.15, 0.2) is 6.79 Å². The second-order valence-corrected chi connectivity index (χ2v) is 5.55. The Labute approximate surface area is 133 Å². The number of hydrogen-bond donors (Lipinski definition) is 0. The summed E-state index contributed by atoms with van der Waals surface area (Å²) in [6.45, 7) is 0.285. The van der Waals surface area contributed by atoms with E-state index >= 15 is 0 Å². The number of hydrogen-bond acceptors (Lipinski definition) is 6. The third-order valence-electron chi connectivity index (χ3n) is 3.95. The van der Waals surface area contributed by atoms with Crippen molar-refractivity contribution in [3.63, 3.8) is 0 Å². The number of non-ortho nitro benzene ring substituents is 1. The Kier molecular flexibility index (Phi) is 4.57. The third kappa shape index (κ3) is 3.50. The van der Waals surface area contributed by atoms with Gasteiger partial charge in [-0.2, -0.15) is 0 Å². The first-order valence-corrected chi connectivity index (χ1v) is 7.47. The lowest BCUT2D eigenvalue weighted by Crippen LogP contribution is -2.19. The van der Waals surface area contributed by atoms with Crippen molar-refractivity contribution in [3.05, 3.63) is 45.5 Å². The molecule has 3 rings (SSSR count). The van der Waals surface area contributed by atoms with E-state index < -0.39 is 4.92 Å². The predicted octanol–water partition coefficient (Wildman–Crippen LogP) is 2.86. The lowest BCUT2D eigenvalue weighted by Gasteiger charge is -2.21. The van der Waals surface area contributed by atoms with Gasteiger partial charge in [-0.1, -0.05) is 12.2 Å². The molecule has 23 heavy (non-hydrogen) atoms. The molecule has 0 unspecified atom stereocenters. The summed E-state index contributed by atoms with van der Waals surface area (Å²) >= 11 is 0. The van der Waals surface area contributed by atoms with E-state index in [0.717, 1.165) is 12.8 Å². The molecule has 0 aromatic heterocycles. The first-order valence-electron chi connectivity index (χ1n) is 7.47.